The van der Waals surface area contributed by atoms with Crippen molar-refractivity contribution in [3.63, 3.8) is 0 Å². The average molecular weight is 422 g/mol. The Labute approximate surface area is 164 Å². The first-order valence-electron chi connectivity index (χ1n) is 7.32. The summed E-state index contributed by atoms with van der Waals surface area (Å²) >= 11 is 8.58. The fourth-order valence-electron chi connectivity index (χ4n) is 2.32. The number of amides is 2. The number of nitrogens with zero attached hydrogens (tertiary/aromatic N) is 1. The van der Waals surface area contributed by atoms with Crippen molar-refractivity contribution >= 4 is 63.7 Å². The second-order valence-corrected chi connectivity index (χ2v) is 8.06. The van der Waals surface area contributed by atoms with E-state index in [0.29, 0.717) is 15.8 Å². The smallest absolute Gasteiger partial charge is 0.415 e. The molecule has 2 N–H and O–H groups in total. The molecule has 0 saturated carbocycles. The summed E-state index contributed by atoms with van der Waals surface area (Å²) in [4.78, 5) is 27.3. The van der Waals surface area contributed by atoms with E-state index in [1.807, 2.05) is 19.2 Å². The predicted molar refractivity (Wildman–Crippen MR) is 104 cm³/mol. The molecule has 1 aliphatic rings. The van der Waals surface area contributed by atoms with Gasteiger partial charge in [-0.3, -0.25) is 9.69 Å². The van der Waals surface area contributed by atoms with Crippen molar-refractivity contribution in [3.05, 3.63) is 38.4 Å². The van der Waals surface area contributed by atoms with Crippen LogP contribution in [0.4, 0.5) is 9.80 Å². The van der Waals surface area contributed by atoms with Gasteiger partial charge in [-0.15, -0.1) is 35.1 Å². The lowest BCUT2D eigenvalue weighted by Gasteiger charge is -2.10. The first kappa shape index (κ1) is 20.0. The molecule has 136 valence electrons. The molecule has 3 rings (SSSR count). The van der Waals surface area contributed by atoms with Crippen LogP contribution in [0, 0.1) is 0 Å². The third-order valence-corrected chi connectivity index (χ3v) is 5.76. The minimum atomic E-state index is -0.383. The van der Waals surface area contributed by atoms with Crippen LogP contribution in [0.1, 0.15) is 14.5 Å². The maximum absolute atomic E-state index is 12.0. The number of carbonyl (C=O) groups excluding carboxylic acids is 2. The van der Waals surface area contributed by atoms with Gasteiger partial charge in [0.15, 0.2) is 0 Å². The Kier molecular flexibility index (Phi) is 7.09. The van der Waals surface area contributed by atoms with E-state index in [9.17, 15) is 9.59 Å². The standard InChI is InChI=1S/C15H16ClN3O3S2.ClH/c1-17-7-10-2-5-13(23-10)19-8-9(22-15(19)21)6-18-14(20)11-3-4-12(16)24-11;/h2-5,9,17H,6-8H2,1H3,(H,18,20);1H/t9-;/m0./s1. The lowest BCUT2D eigenvalue weighted by Crippen LogP contribution is -2.34. The van der Waals surface area contributed by atoms with Gasteiger partial charge in [0, 0.05) is 11.4 Å². The zero-order valence-corrected chi connectivity index (χ0v) is 16.5. The normalized spacial score (nSPS) is 16.5. The Morgan fingerprint density at radius 1 is 1.36 bits per heavy atom. The minimum absolute atomic E-state index is 0. The summed E-state index contributed by atoms with van der Waals surface area (Å²) in [5, 5.41) is 6.70. The van der Waals surface area contributed by atoms with Gasteiger partial charge in [-0.25, -0.2) is 4.79 Å². The summed E-state index contributed by atoms with van der Waals surface area (Å²) in [6.45, 7) is 1.45. The second-order valence-electron chi connectivity index (χ2n) is 5.20. The SMILES string of the molecule is CNCc1ccc(N2C[C@H](CNC(=O)c3ccc(Cl)s3)OC2=O)s1.Cl. The van der Waals surface area contributed by atoms with E-state index in [0.717, 1.165) is 16.4 Å². The highest BCUT2D eigenvalue weighted by Gasteiger charge is 2.33. The molecule has 0 aromatic carbocycles. The first-order valence-corrected chi connectivity index (χ1v) is 9.33. The molecule has 10 heteroatoms. The number of carbonyl (C=O) groups is 2. The number of thiophene rings is 2. The Hall–Kier alpha value is -1.32. The maximum atomic E-state index is 12.0. The second kappa shape index (κ2) is 8.86. The van der Waals surface area contributed by atoms with Gasteiger partial charge in [-0.05, 0) is 31.3 Å². The Morgan fingerprint density at radius 2 is 2.16 bits per heavy atom. The molecule has 25 heavy (non-hydrogen) atoms. The van der Waals surface area contributed by atoms with Gasteiger partial charge in [0.1, 0.15) is 11.1 Å². The van der Waals surface area contributed by atoms with Gasteiger partial charge in [-0.1, -0.05) is 11.6 Å². The van der Waals surface area contributed by atoms with Crippen molar-refractivity contribution < 1.29 is 14.3 Å². The zero-order valence-electron chi connectivity index (χ0n) is 13.3. The minimum Gasteiger partial charge on any atom is -0.442 e. The molecule has 6 nitrogen and oxygen atoms in total. The van der Waals surface area contributed by atoms with E-state index >= 15 is 0 Å². The highest BCUT2D eigenvalue weighted by molar-refractivity contribution is 7.18. The van der Waals surface area contributed by atoms with Crippen molar-refractivity contribution in [1.29, 1.82) is 0 Å². The van der Waals surface area contributed by atoms with Gasteiger partial charge < -0.3 is 15.4 Å². The molecule has 2 aromatic rings. The van der Waals surface area contributed by atoms with Crippen LogP contribution >= 0.6 is 46.7 Å². The summed E-state index contributed by atoms with van der Waals surface area (Å²) in [6.07, 6.45) is -0.752. The molecule has 0 unspecified atom stereocenters. The predicted octanol–water partition coefficient (Wildman–Crippen LogP) is 3.36. The lowest BCUT2D eigenvalue weighted by atomic mass is 10.3. The fraction of sp³-hybridized carbons (Fsp3) is 0.333. The number of anilines is 1. The van der Waals surface area contributed by atoms with Crippen molar-refractivity contribution in [1.82, 2.24) is 10.6 Å². The third-order valence-electron chi connectivity index (χ3n) is 3.43. The zero-order chi connectivity index (χ0) is 17.1. The van der Waals surface area contributed by atoms with Crippen LogP contribution in [-0.4, -0.2) is 38.2 Å². The number of ether oxygens (including phenoxy) is 1. The molecule has 1 aliphatic heterocycles. The number of rotatable bonds is 6. The summed E-state index contributed by atoms with van der Waals surface area (Å²) in [5.41, 5.74) is 0. The number of halogens is 2. The summed E-state index contributed by atoms with van der Waals surface area (Å²) in [7, 11) is 1.88. The number of cyclic esters (lactones) is 1. The van der Waals surface area contributed by atoms with Crippen LogP contribution in [-0.2, 0) is 11.3 Å². The first-order chi connectivity index (χ1) is 11.6. The Balaban J connectivity index is 0.00000225. The topological polar surface area (TPSA) is 70.7 Å². The summed E-state index contributed by atoms with van der Waals surface area (Å²) in [6, 6.07) is 7.24. The van der Waals surface area contributed by atoms with E-state index in [2.05, 4.69) is 10.6 Å². The van der Waals surface area contributed by atoms with Crippen molar-refractivity contribution in [2.75, 3.05) is 25.0 Å². The summed E-state index contributed by atoms with van der Waals surface area (Å²) in [5.74, 6) is -0.214. The number of hydrogen-bond acceptors (Lipinski definition) is 6. The van der Waals surface area contributed by atoms with Gasteiger partial charge in [0.05, 0.1) is 22.3 Å². The lowest BCUT2D eigenvalue weighted by molar-refractivity contribution is 0.0920. The molecule has 3 heterocycles. The summed E-state index contributed by atoms with van der Waals surface area (Å²) < 4.78 is 5.89. The van der Waals surface area contributed by atoms with E-state index in [-0.39, 0.29) is 37.1 Å². The molecule has 0 radical (unpaired) electrons. The van der Waals surface area contributed by atoms with Crippen LogP contribution in [0.15, 0.2) is 24.3 Å². The van der Waals surface area contributed by atoms with E-state index in [1.165, 1.54) is 11.3 Å². The Morgan fingerprint density at radius 3 is 2.84 bits per heavy atom. The number of nitrogens with one attached hydrogen (secondary N) is 2. The van der Waals surface area contributed by atoms with Gasteiger partial charge in [0.2, 0.25) is 0 Å². The van der Waals surface area contributed by atoms with Gasteiger partial charge in [0.25, 0.3) is 5.91 Å². The molecule has 2 amide bonds. The number of hydrogen-bond donors (Lipinski definition) is 2. The quantitative estimate of drug-likeness (QED) is 0.749. The van der Waals surface area contributed by atoms with Crippen LogP contribution in [0.2, 0.25) is 4.34 Å². The fourth-order valence-corrected chi connectivity index (χ4v) is 4.29. The van der Waals surface area contributed by atoms with Crippen LogP contribution in [0.5, 0.6) is 0 Å². The molecule has 0 spiro atoms. The van der Waals surface area contributed by atoms with Crippen molar-refractivity contribution in [2.45, 2.75) is 12.6 Å². The van der Waals surface area contributed by atoms with Crippen molar-refractivity contribution in [3.8, 4) is 0 Å². The van der Waals surface area contributed by atoms with Gasteiger partial charge >= 0.3 is 6.09 Å². The van der Waals surface area contributed by atoms with Crippen molar-refractivity contribution in [2.24, 2.45) is 0 Å². The third kappa shape index (κ3) is 4.86. The monoisotopic (exact) mass is 421 g/mol. The molecular formula is C15H17Cl2N3O3S2. The highest BCUT2D eigenvalue weighted by atomic mass is 35.5. The maximum Gasteiger partial charge on any atom is 0.415 e. The molecule has 0 aliphatic carbocycles. The van der Waals surface area contributed by atoms with Crippen LogP contribution in [0.3, 0.4) is 0 Å². The largest absolute Gasteiger partial charge is 0.442 e. The molecular weight excluding hydrogens is 405 g/mol. The highest BCUT2D eigenvalue weighted by Crippen LogP contribution is 2.29. The molecule has 0 bridgehead atoms. The van der Waals surface area contributed by atoms with E-state index in [1.54, 1.807) is 28.4 Å². The molecule has 1 atom stereocenters. The Bertz CT molecular complexity index is 750. The van der Waals surface area contributed by atoms with E-state index in [4.69, 9.17) is 16.3 Å². The van der Waals surface area contributed by atoms with Crippen LogP contribution < -0.4 is 15.5 Å². The van der Waals surface area contributed by atoms with Crippen LogP contribution in [0.25, 0.3) is 0 Å². The average Bonchev–Trinajstić information content (AvgIpc) is 3.26. The molecule has 1 fully saturated rings. The molecule has 2 aromatic heterocycles. The molecule has 1 saturated heterocycles. The van der Waals surface area contributed by atoms with Gasteiger partial charge in [-0.2, -0.15) is 0 Å². The van der Waals surface area contributed by atoms with E-state index < -0.39 is 0 Å².